The lowest BCUT2D eigenvalue weighted by Crippen LogP contribution is -2.63. The van der Waals surface area contributed by atoms with E-state index in [9.17, 15) is 13.2 Å². The molecule has 116 valence electrons. The number of hydrogen-bond acceptors (Lipinski definition) is 4. The molecular formula is C13H16ClNO4S2. The van der Waals surface area contributed by atoms with Gasteiger partial charge in [0.1, 0.15) is 0 Å². The van der Waals surface area contributed by atoms with Gasteiger partial charge in [-0.3, -0.25) is 4.79 Å². The largest absolute Gasteiger partial charge is 0.481 e. The lowest BCUT2D eigenvalue weighted by Gasteiger charge is -2.58. The van der Waals surface area contributed by atoms with Crippen molar-refractivity contribution in [2.24, 2.45) is 11.3 Å². The molecule has 1 N–H and O–H groups in total. The maximum absolute atomic E-state index is 12.5. The van der Waals surface area contributed by atoms with Gasteiger partial charge in [0.25, 0.3) is 0 Å². The zero-order chi connectivity index (χ0) is 15.4. The highest BCUT2D eigenvalue weighted by Gasteiger charge is 2.55. The maximum Gasteiger partial charge on any atom is 0.303 e. The average Bonchev–Trinajstić information content (AvgIpc) is 2.59. The lowest BCUT2D eigenvalue weighted by molar-refractivity contribution is -0.142. The number of thiophene rings is 1. The molecule has 0 radical (unpaired) electrons. The summed E-state index contributed by atoms with van der Waals surface area (Å²) in [7, 11) is -3.46. The second-order valence-corrected chi connectivity index (χ2v) is 9.91. The van der Waals surface area contributed by atoms with Crippen LogP contribution in [0.1, 0.15) is 24.1 Å². The van der Waals surface area contributed by atoms with E-state index in [1.165, 1.54) is 21.7 Å². The number of sulfonamides is 1. The SMILES string of the molecule is Cc1sc(Cl)cc1S(=O)(=O)N1CC2(CC(CC(=O)O)C2)C1. The van der Waals surface area contributed by atoms with E-state index in [-0.39, 0.29) is 17.8 Å². The third-order valence-corrected chi connectivity index (χ3v) is 7.62. The summed E-state index contributed by atoms with van der Waals surface area (Å²) in [5.74, 6) is -0.577. The third kappa shape index (κ3) is 2.60. The molecule has 2 aliphatic rings. The van der Waals surface area contributed by atoms with Crippen molar-refractivity contribution in [1.82, 2.24) is 4.31 Å². The van der Waals surface area contributed by atoms with Gasteiger partial charge < -0.3 is 5.11 Å². The number of carboxylic acids is 1. The monoisotopic (exact) mass is 349 g/mol. The van der Waals surface area contributed by atoms with Crippen LogP contribution in [0.5, 0.6) is 0 Å². The molecule has 0 amide bonds. The molecule has 0 bridgehead atoms. The molecule has 0 aromatic carbocycles. The summed E-state index contributed by atoms with van der Waals surface area (Å²) in [4.78, 5) is 11.7. The predicted molar refractivity (Wildman–Crippen MR) is 80.2 cm³/mol. The topological polar surface area (TPSA) is 74.7 Å². The Morgan fingerprint density at radius 2 is 2.14 bits per heavy atom. The summed E-state index contributed by atoms with van der Waals surface area (Å²) < 4.78 is 27.0. The molecule has 1 aromatic heterocycles. The number of rotatable bonds is 4. The van der Waals surface area contributed by atoms with Gasteiger partial charge in [-0.1, -0.05) is 11.6 Å². The number of aryl methyl sites for hydroxylation is 1. The molecule has 1 aromatic rings. The molecule has 5 nitrogen and oxygen atoms in total. The summed E-state index contributed by atoms with van der Waals surface area (Å²) >= 11 is 7.15. The normalized spacial score (nSPS) is 22.0. The van der Waals surface area contributed by atoms with Gasteiger partial charge in [-0.05, 0) is 37.2 Å². The van der Waals surface area contributed by atoms with Crippen LogP contribution in [0.15, 0.2) is 11.0 Å². The highest BCUT2D eigenvalue weighted by molar-refractivity contribution is 7.89. The molecule has 1 spiro atoms. The summed E-state index contributed by atoms with van der Waals surface area (Å²) in [6, 6.07) is 1.51. The molecule has 1 aliphatic heterocycles. The predicted octanol–water partition coefficient (Wildman–Crippen LogP) is 2.59. The first kappa shape index (κ1) is 15.3. The van der Waals surface area contributed by atoms with Crippen LogP contribution in [-0.4, -0.2) is 36.9 Å². The Morgan fingerprint density at radius 1 is 1.52 bits per heavy atom. The fraction of sp³-hybridized carbons (Fsp3) is 0.615. The molecular weight excluding hydrogens is 334 g/mol. The average molecular weight is 350 g/mol. The van der Waals surface area contributed by atoms with Crippen molar-refractivity contribution in [3.05, 3.63) is 15.3 Å². The first-order chi connectivity index (χ1) is 9.72. The molecule has 0 atom stereocenters. The van der Waals surface area contributed by atoms with E-state index in [1.807, 2.05) is 0 Å². The van der Waals surface area contributed by atoms with E-state index < -0.39 is 16.0 Å². The van der Waals surface area contributed by atoms with Crippen LogP contribution < -0.4 is 0 Å². The number of halogens is 1. The molecule has 2 fully saturated rings. The summed E-state index contributed by atoms with van der Waals surface area (Å²) in [6.45, 7) is 2.75. The van der Waals surface area contributed by atoms with Gasteiger partial charge in [0.05, 0.1) is 9.23 Å². The van der Waals surface area contributed by atoms with E-state index in [0.29, 0.717) is 27.2 Å². The number of hydrogen-bond donors (Lipinski definition) is 1. The smallest absolute Gasteiger partial charge is 0.303 e. The number of aliphatic carboxylic acids is 1. The number of nitrogens with zero attached hydrogens (tertiary/aromatic N) is 1. The van der Waals surface area contributed by atoms with E-state index in [2.05, 4.69) is 0 Å². The van der Waals surface area contributed by atoms with Crippen molar-refractivity contribution in [3.63, 3.8) is 0 Å². The number of carbonyl (C=O) groups is 1. The quantitative estimate of drug-likeness (QED) is 0.906. The minimum Gasteiger partial charge on any atom is -0.481 e. The van der Waals surface area contributed by atoms with E-state index in [4.69, 9.17) is 16.7 Å². The molecule has 2 heterocycles. The van der Waals surface area contributed by atoms with Crippen LogP contribution in [-0.2, 0) is 14.8 Å². The fourth-order valence-electron chi connectivity index (χ4n) is 3.51. The van der Waals surface area contributed by atoms with Crippen molar-refractivity contribution < 1.29 is 18.3 Å². The molecule has 1 saturated carbocycles. The van der Waals surface area contributed by atoms with Crippen LogP contribution >= 0.6 is 22.9 Å². The Balaban J connectivity index is 1.64. The molecule has 1 aliphatic carbocycles. The van der Waals surface area contributed by atoms with Gasteiger partial charge in [-0.25, -0.2) is 8.42 Å². The minimum atomic E-state index is -3.46. The molecule has 1 saturated heterocycles. The van der Waals surface area contributed by atoms with Crippen LogP contribution in [0.2, 0.25) is 4.34 Å². The molecule has 0 unspecified atom stereocenters. The van der Waals surface area contributed by atoms with Gasteiger partial charge in [0, 0.05) is 24.4 Å². The van der Waals surface area contributed by atoms with Gasteiger partial charge in [-0.15, -0.1) is 11.3 Å². The van der Waals surface area contributed by atoms with E-state index in [1.54, 1.807) is 6.92 Å². The van der Waals surface area contributed by atoms with Crippen molar-refractivity contribution in [2.75, 3.05) is 13.1 Å². The zero-order valence-corrected chi connectivity index (χ0v) is 13.9. The summed E-state index contributed by atoms with van der Waals surface area (Å²) in [5.41, 5.74) is 0.0148. The number of carboxylic acid groups (broad SMARTS) is 1. The Morgan fingerprint density at radius 3 is 2.62 bits per heavy atom. The lowest BCUT2D eigenvalue weighted by atomic mass is 9.58. The second-order valence-electron chi connectivity index (χ2n) is 6.12. The van der Waals surface area contributed by atoms with Gasteiger partial charge in [0.2, 0.25) is 10.0 Å². The maximum atomic E-state index is 12.5. The highest BCUT2D eigenvalue weighted by Crippen LogP contribution is 2.54. The first-order valence-electron chi connectivity index (χ1n) is 6.70. The second kappa shape index (κ2) is 4.94. The van der Waals surface area contributed by atoms with Crippen molar-refractivity contribution in [1.29, 1.82) is 0 Å². The molecule has 8 heteroatoms. The van der Waals surface area contributed by atoms with Gasteiger partial charge in [0.15, 0.2) is 0 Å². The fourth-order valence-corrected chi connectivity index (χ4v) is 6.97. The zero-order valence-electron chi connectivity index (χ0n) is 11.5. The van der Waals surface area contributed by atoms with Crippen molar-refractivity contribution in [3.8, 4) is 0 Å². The molecule has 21 heavy (non-hydrogen) atoms. The Labute approximate surface area is 132 Å². The molecule has 3 rings (SSSR count). The van der Waals surface area contributed by atoms with E-state index in [0.717, 1.165) is 12.8 Å². The first-order valence-corrected chi connectivity index (χ1v) is 9.33. The Kier molecular flexibility index (Phi) is 3.59. The van der Waals surface area contributed by atoms with Crippen LogP contribution in [0, 0.1) is 18.3 Å². The van der Waals surface area contributed by atoms with Gasteiger partial charge >= 0.3 is 5.97 Å². The van der Waals surface area contributed by atoms with Crippen molar-refractivity contribution in [2.45, 2.75) is 31.1 Å². The minimum absolute atomic E-state index is 0.0148. The standard InChI is InChI=1S/C13H16ClNO4S2/c1-8-10(3-11(14)20-8)21(18,19)15-6-13(7-15)4-9(5-13)2-12(16)17/h3,9H,2,4-7H2,1H3,(H,16,17). The summed E-state index contributed by atoms with van der Waals surface area (Å²) in [5, 5.41) is 8.75. The Hall–Kier alpha value is -0.630. The van der Waals surface area contributed by atoms with Crippen LogP contribution in [0.4, 0.5) is 0 Å². The summed E-state index contributed by atoms with van der Waals surface area (Å²) in [6.07, 6.45) is 1.82. The van der Waals surface area contributed by atoms with E-state index >= 15 is 0 Å². The third-order valence-electron chi connectivity index (χ3n) is 4.39. The van der Waals surface area contributed by atoms with Crippen LogP contribution in [0.3, 0.4) is 0 Å². The van der Waals surface area contributed by atoms with Crippen molar-refractivity contribution >= 4 is 38.9 Å². The van der Waals surface area contributed by atoms with Crippen LogP contribution in [0.25, 0.3) is 0 Å². The highest BCUT2D eigenvalue weighted by atomic mass is 35.5. The van der Waals surface area contributed by atoms with Gasteiger partial charge in [-0.2, -0.15) is 4.31 Å². The Bertz CT molecular complexity index is 683.